The summed E-state index contributed by atoms with van der Waals surface area (Å²) < 4.78 is 15.2. The Morgan fingerprint density at radius 3 is 2.82 bits per heavy atom. The fraction of sp³-hybridized carbons (Fsp3) is 0.375. The molecule has 6 heteroatoms. The van der Waals surface area contributed by atoms with Gasteiger partial charge in [-0.15, -0.1) is 0 Å². The Kier molecular flexibility index (Phi) is 6.93. The molecular weight excluding hydrogens is 286 g/mol. The molecule has 0 fully saturated rings. The summed E-state index contributed by atoms with van der Waals surface area (Å²) in [4.78, 5) is 11.9. The van der Waals surface area contributed by atoms with Gasteiger partial charge in [-0.1, -0.05) is 6.07 Å². The van der Waals surface area contributed by atoms with E-state index >= 15 is 0 Å². The average molecular weight is 305 g/mol. The molecule has 0 saturated carbocycles. The summed E-state index contributed by atoms with van der Waals surface area (Å²) in [7, 11) is 1.50. The molecular formula is C16H19NO5. The molecule has 0 aromatic heterocycles. The van der Waals surface area contributed by atoms with Gasteiger partial charge in [0.05, 0.1) is 13.2 Å². The number of benzene rings is 1. The number of phenolic OH excluding ortho intramolecular Hbond substituents is 1. The van der Waals surface area contributed by atoms with Gasteiger partial charge < -0.3 is 19.3 Å². The number of hydrogen-bond acceptors (Lipinski definition) is 6. The fourth-order valence-electron chi connectivity index (χ4n) is 1.71. The zero-order valence-corrected chi connectivity index (χ0v) is 12.8. The van der Waals surface area contributed by atoms with Crippen molar-refractivity contribution in [2.75, 3.05) is 20.3 Å². The Morgan fingerprint density at radius 2 is 2.23 bits per heavy atom. The highest BCUT2D eigenvalue weighted by atomic mass is 16.6. The minimum Gasteiger partial charge on any atom is -0.504 e. The monoisotopic (exact) mass is 305 g/mol. The van der Waals surface area contributed by atoms with E-state index in [1.54, 1.807) is 32.0 Å². The highest BCUT2D eigenvalue weighted by molar-refractivity contribution is 5.98. The van der Waals surface area contributed by atoms with Crippen LogP contribution in [0.4, 0.5) is 0 Å². The summed E-state index contributed by atoms with van der Waals surface area (Å²) in [5.74, 6) is -0.443. The smallest absolute Gasteiger partial charge is 0.349 e. The van der Waals surface area contributed by atoms with Crippen molar-refractivity contribution in [2.24, 2.45) is 0 Å². The van der Waals surface area contributed by atoms with Crippen molar-refractivity contribution in [2.45, 2.75) is 20.0 Å². The van der Waals surface area contributed by atoms with Gasteiger partial charge >= 0.3 is 5.97 Å². The van der Waals surface area contributed by atoms with Crippen LogP contribution >= 0.6 is 0 Å². The summed E-state index contributed by atoms with van der Waals surface area (Å²) in [6.45, 7) is 4.10. The number of phenols is 1. The van der Waals surface area contributed by atoms with Crippen LogP contribution in [0, 0.1) is 11.3 Å². The third kappa shape index (κ3) is 5.11. The Labute approximate surface area is 129 Å². The summed E-state index contributed by atoms with van der Waals surface area (Å²) in [5, 5.41) is 18.7. The van der Waals surface area contributed by atoms with Crippen LogP contribution in [0.15, 0.2) is 23.8 Å². The molecule has 0 aliphatic heterocycles. The first-order valence-corrected chi connectivity index (χ1v) is 6.79. The molecule has 1 atom stereocenters. The topological polar surface area (TPSA) is 88.8 Å². The number of nitriles is 1. The molecule has 0 saturated heterocycles. The molecule has 0 heterocycles. The molecule has 1 aromatic carbocycles. The van der Waals surface area contributed by atoms with Crippen molar-refractivity contribution in [3.8, 4) is 17.6 Å². The number of methoxy groups -OCH3 is 1. The minimum atomic E-state index is -0.724. The SMILES string of the molecule is CCOc1cc(/C=C(\C#N)C(=O)O[C@H](C)COC)ccc1O. The third-order valence-corrected chi connectivity index (χ3v) is 2.64. The van der Waals surface area contributed by atoms with Crippen LogP contribution < -0.4 is 4.74 Å². The molecule has 0 spiro atoms. The standard InChI is InChI=1S/C16H19NO5/c1-4-21-15-8-12(5-6-14(15)18)7-13(9-17)16(19)22-11(2)10-20-3/h5-8,11,18H,4,10H2,1-3H3/b13-7+/t11-/m1/s1. The number of carbonyl (C=O) groups excluding carboxylic acids is 1. The predicted octanol–water partition coefficient (Wildman–Crippen LogP) is 2.28. The Bertz CT molecular complexity index is 589. The predicted molar refractivity (Wildman–Crippen MR) is 80.3 cm³/mol. The zero-order valence-electron chi connectivity index (χ0n) is 12.8. The van der Waals surface area contributed by atoms with Crippen molar-refractivity contribution in [3.05, 3.63) is 29.3 Å². The van der Waals surface area contributed by atoms with Gasteiger partial charge in [-0.05, 0) is 37.6 Å². The molecule has 22 heavy (non-hydrogen) atoms. The molecule has 1 rings (SSSR count). The molecule has 6 nitrogen and oxygen atoms in total. The van der Waals surface area contributed by atoms with E-state index in [9.17, 15) is 9.90 Å². The number of hydrogen-bond donors (Lipinski definition) is 1. The van der Waals surface area contributed by atoms with Gasteiger partial charge in [-0.2, -0.15) is 5.26 Å². The van der Waals surface area contributed by atoms with Gasteiger partial charge in [0.2, 0.25) is 0 Å². The first-order chi connectivity index (χ1) is 10.5. The highest BCUT2D eigenvalue weighted by Gasteiger charge is 2.15. The van der Waals surface area contributed by atoms with Crippen molar-refractivity contribution < 1.29 is 24.1 Å². The molecule has 0 radical (unpaired) electrons. The maximum Gasteiger partial charge on any atom is 0.349 e. The van der Waals surface area contributed by atoms with E-state index in [0.717, 1.165) is 0 Å². The zero-order chi connectivity index (χ0) is 16.5. The Hall–Kier alpha value is -2.52. The lowest BCUT2D eigenvalue weighted by Crippen LogP contribution is -2.20. The molecule has 1 aromatic rings. The Morgan fingerprint density at radius 1 is 1.50 bits per heavy atom. The second-order valence-electron chi connectivity index (χ2n) is 4.50. The van der Waals surface area contributed by atoms with Crippen molar-refractivity contribution >= 4 is 12.0 Å². The highest BCUT2D eigenvalue weighted by Crippen LogP contribution is 2.27. The second-order valence-corrected chi connectivity index (χ2v) is 4.50. The number of ether oxygens (including phenoxy) is 3. The van der Waals surface area contributed by atoms with Crippen LogP contribution in [0.25, 0.3) is 6.08 Å². The van der Waals surface area contributed by atoms with E-state index < -0.39 is 12.1 Å². The number of nitrogens with zero attached hydrogens (tertiary/aromatic N) is 1. The number of esters is 1. The maximum absolute atomic E-state index is 11.9. The van der Waals surface area contributed by atoms with Gasteiger partial charge in [0.1, 0.15) is 17.7 Å². The molecule has 0 bridgehead atoms. The quantitative estimate of drug-likeness (QED) is 0.472. The van der Waals surface area contributed by atoms with E-state index in [-0.39, 0.29) is 23.7 Å². The van der Waals surface area contributed by atoms with Gasteiger partial charge in [0.25, 0.3) is 0 Å². The van der Waals surface area contributed by atoms with Gasteiger partial charge in [-0.25, -0.2) is 4.79 Å². The minimum absolute atomic E-state index is 0.00574. The van der Waals surface area contributed by atoms with E-state index in [1.807, 2.05) is 0 Å². The van der Waals surface area contributed by atoms with Gasteiger partial charge in [0.15, 0.2) is 11.5 Å². The largest absolute Gasteiger partial charge is 0.504 e. The molecule has 0 unspecified atom stereocenters. The molecule has 0 amide bonds. The summed E-state index contributed by atoms with van der Waals surface area (Å²) in [6.07, 6.45) is 0.928. The van der Waals surface area contributed by atoms with Crippen LogP contribution in [0.5, 0.6) is 11.5 Å². The van der Waals surface area contributed by atoms with Gasteiger partial charge in [0, 0.05) is 7.11 Å². The lowest BCUT2D eigenvalue weighted by atomic mass is 10.1. The van der Waals surface area contributed by atoms with Crippen LogP contribution in [-0.4, -0.2) is 37.5 Å². The van der Waals surface area contributed by atoms with E-state index in [1.165, 1.54) is 19.3 Å². The van der Waals surface area contributed by atoms with E-state index in [0.29, 0.717) is 12.2 Å². The number of aromatic hydroxyl groups is 1. The number of carbonyl (C=O) groups is 1. The summed E-state index contributed by atoms with van der Waals surface area (Å²) >= 11 is 0. The van der Waals surface area contributed by atoms with E-state index in [2.05, 4.69) is 0 Å². The third-order valence-electron chi connectivity index (χ3n) is 2.64. The summed E-state index contributed by atoms with van der Waals surface area (Å²) in [6, 6.07) is 6.36. The first-order valence-electron chi connectivity index (χ1n) is 6.79. The van der Waals surface area contributed by atoms with Gasteiger partial charge in [-0.3, -0.25) is 0 Å². The summed E-state index contributed by atoms with van der Waals surface area (Å²) in [5.41, 5.74) is 0.408. The van der Waals surface area contributed by atoms with Crippen molar-refractivity contribution in [1.29, 1.82) is 5.26 Å². The van der Waals surface area contributed by atoms with Crippen molar-refractivity contribution in [3.63, 3.8) is 0 Å². The normalized spacial score (nSPS) is 12.4. The van der Waals surface area contributed by atoms with E-state index in [4.69, 9.17) is 19.5 Å². The maximum atomic E-state index is 11.9. The van der Waals surface area contributed by atoms with Crippen LogP contribution in [0.2, 0.25) is 0 Å². The molecule has 1 N–H and O–H groups in total. The fourth-order valence-corrected chi connectivity index (χ4v) is 1.71. The van der Waals surface area contributed by atoms with Crippen molar-refractivity contribution in [1.82, 2.24) is 0 Å². The molecule has 0 aliphatic carbocycles. The van der Waals surface area contributed by atoms with Crippen LogP contribution in [0.1, 0.15) is 19.4 Å². The first kappa shape index (κ1) is 17.5. The number of rotatable bonds is 7. The van der Waals surface area contributed by atoms with Crippen LogP contribution in [0.3, 0.4) is 0 Å². The molecule has 118 valence electrons. The Balaban J connectivity index is 2.95. The molecule has 0 aliphatic rings. The second kappa shape index (κ2) is 8.70. The lowest BCUT2D eigenvalue weighted by molar-refractivity contribution is -0.145. The van der Waals surface area contributed by atoms with Crippen LogP contribution in [-0.2, 0) is 14.3 Å². The average Bonchev–Trinajstić information content (AvgIpc) is 2.48. The lowest BCUT2D eigenvalue weighted by Gasteiger charge is -2.11.